The van der Waals surface area contributed by atoms with Crippen molar-refractivity contribution in [3.05, 3.63) is 63.1 Å². The van der Waals surface area contributed by atoms with Crippen molar-refractivity contribution in [2.24, 2.45) is 0 Å². The molecule has 7 nitrogen and oxygen atoms in total. The van der Waals surface area contributed by atoms with Gasteiger partial charge in [0.25, 0.3) is 5.56 Å². The summed E-state index contributed by atoms with van der Waals surface area (Å²) in [6.07, 6.45) is 1.31. The van der Waals surface area contributed by atoms with Crippen LogP contribution >= 0.6 is 0 Å². The van der Waals surface area contributed by atoms with Crippen LogP contribution in [-0.4, -0.2) is 30.5 Å². The molecule has 0 amide bonds. The molecule has 0 saturated heterocycles. The van der Waals surface area contributed by atoms with E-state index >= 15 is 0 Å². The number of pyridine rings is 1. The Morgan fingerprint density at radius 2 is 1.92 bits per heavy atom. The topological polar surface area (TPSA) is 98.4 Å². The highest BCUT2D eigenvalue weighted by atomic mass is 16.5. The fraction of sp³-hybridized carbons (Fsp3) is 0.222. The van der Waals surface area contributed by atoms with E-state index in [1.165, 1.54) is 38.0 Å². The molecule has 0 atom stereocenters. The van der Waals surface area contributed by atoms with E-state index in [1.54, 1.807) is 24.3 Å². The minimum Gasteiger partial charge on any atom is -0.496 e. The molecule has 0 fully saturated rings. The number of hydrogen-bond donors (Lipinski definition) is 0. The number of esters is 1. The van der Waals surface area contributed by atoms with Gasteiger partial charge in [-0.3, -0.25) is 9.59 Å². The van der Waals surface area contributed by atoms with Gasteiger partial charge in [-0.25, -0.2) is 4.79 Å². The van der Waals surface area contributed by atoms with Crippen LogP contribution in [0.3, 0.4) is 0 Å². The highest BCUT2D eigenvalue weighted by Crippen LogP contribution is 2.21. The molecule has 0 aliphatic heterocycles. The highest BCUT2D eigenvalue weighted by Gasteiger charge is 2.15. The molecule has 0 saturated carbocycles. The summed E-state index contributed by atoms with van der Waals surface area (Å²) in [5, 5.41) is 9.12. The lowest BCUT2D eigenvalue weighted by atomic mass is 10.1. The second kappa shape index (κ2) is 7.45. The van der Waals surface area contributed by atoms with Crippen molar-refractivity contribution in [3.8, 4) is 11.8 Å². The highest BCUT2D eigenvalue weighted by molar-refractivity contribution is 5.94. The number of hydrogen-bond acceptors (Lipinski definition) is 6. The molecule has 25 heavy (non-hydrogen) atoms. The maximum atomic E-state index is 12.4. The van der Waals surface area contributed by atoms with Crippen LogP contribution in [0.4, 0.5) is 0 Å². The van der Waals surface area contributed by atoms with E-state index in [0.717, 1.165) is 0 Å². The summed E-state index contributed by atoms with van der Waals surface area (Å²) in [4.78, 5) is 35.7. The second-order valence-corrected chi connectivity index (χ2v) is 5.26. The molecule has 2 aromatic rings. The van der Waals surface area contributed by atoms with E-state index in [1.807, 2.05) is 0 Å². The van der Waals surface area contributed by atoms with Crippen LogP contribution in [0, 0.1) is 11.3 Å². The molecule has 1 aromatic carbocycles. The average Bonchev–Trinajstić information content (AvgIpc) is 2.62. The maximum absolute atomic E-state index is 12.4. The zero-order valence-corrected chi connectivity index (χ0v) is 14.0. The van der Waals surface area contributed by atoms with E-state index in [-0.39, 0.29) is 23.5 Å². The van der Waals surface area contributed by atoms with Gasteiger partial charge in [-0.2, -0.15) is 5.26 Å². The Bertz CT molecular complexity index is 937. The molecule has 0 radical (unpaired) electrons. The van der Waals surface area contributed by atoms with Gasteiger partial charge in [0.1, 0.15) is 17.4 Å². The second-order valence-electron chi connectivity index (χ2n) is 5.26. The monoisotopic (exact) mass is 340 g/mol. The quantitative estimate of drug-likeness (QED) is 0.607. The van der Waals surface area contributed by atoms with Crippen molar-refractivity contribution in [2.75, 3.05) is 14.2 Å². The van der Waals surface area contributed by atoms with Crippen molar-refractivity contribution < 1.29 is 19.1 Å². The molecule has 1 heterocycles. The number of carbonyl (C=O) groups is 2. The molecule has 0 aliphatic rings. The Morgan fingerprint density at radius 1 is 1.20 bits per heavy atom. The summed E-state index contributed by atoms with van der Waals surface area (Å²) in [7, 11) is 2.68. The molecule has 2 rings (SSSR count). The Labute approximate surface area is 144 Å². The van der Waals surface area contributed by atoms with Crippen LogP contribution in [0.25, 0.3) is 0 Å². The number of rotatable bonds is 5. The Kier molecular flexibility index (Phi) is 5.35. The SMILES string of the molecule is COC(=O)c1cc(C#N)c(=O)n(Cc2cc(C(C)=O)ccc2OC)c1. The van der Waals surface area contributed by atoms with Gasteiger partial charge in [0, 0.05) is 17.3 Å². The zero-order valence-electron chi connectivity index (χ0n) is 14.0. The first-order chi connectivity index (χ1) is 11.9. The molecule has 0 bridgehead atoms. The summed E-state index contributed by atoms with van der Waals surface area (Å²) in [5.41, 5.74) is 0.395. The molecule has 0 N–H and O–H groups in total. The molecule has 0 spiro atoms. The first-order valence-corrected chi connectivity index (χ1v) is 7.32. The van der Waals surface area contributed by atoms with Crippen LogP contribution in [0.15, 0.2) is 35.3 Å². The minimum atomic E-state index is -0.658. The molecule has 0 aliphatic carbocycles. The summed E-state index contributed by atoms with van der Waals surface area (Å²) in [6, 6.07) is 7.83. The first kappa shape index (κ1) is 17.9. The van der Waals surface area contributed by atoms with E-state index < -0.39 is 11.5 Å². The molecule has 7 heteroatoms. The van der Waals surface area contributed by atoms with Gasteiger partial charge in [0.2, 0.25) is 0 Å². The van der Waals surface area contributed by atoms with Crippen LogP contribution in [-0.2, 0) is 11.3 Å². The third kappa shape index (κ3) is 3.75. The summed E-state index contributed by atoms with van der Waals surface area (Å²) >= 11 is 0. The largest absolute Gasteiger partial charge is 0.496 e. The molecule has 1 aromatic heterocycles. The molecular weight excluding hydrogens is 324 g/mol. The fourth-order valence-corrected chi connectivity index (χ4v) is 2.37. The lowest BCUT2D eigenvalue weighted by Gasteiger charge is -2.13. The standard InChI is InChI=1S/C18H16N2O5/c1-11(21)12-4-5-16(24-2)14(6-12)9-20-10-15(18(23)25-3)7-13(8-19)17(20)22/h4-7,10H,9H2,1-3H3. The lowest BCUT2D eigenvalue weighted by molar-refractivity contribution is 0.0599. The lowest BCUT2D eigenvalue weighted by Crippen LogP contribution is -2.25. The third-order valence-electron chi connectivity index (χ3n) is 3.66. The maximum Gasteiger partial charge on any atom is 0.339 e. The summed E-state index contributed by atoms with van der Waals surface area (Å²) in [6.45, 7) is 1.46. The number of nitriles is 1. The average molecular weight is 340 g/mol. The number of methoxy groups -OCH3 is 2. The third-order valence-corrected chi connectivity index (χ3v) is 3.66. The van der Waals surface area contributed by atoms with Gasteiger partial charge in [0.05, 0.1) is 26.3 Å². The number of carbonyl (C=O) groups excluding carboxylic acids is 2. The van der Waals surface area contributed by atoms with Crippen molar-refractivity contribution in [1.82, 2.24) is 4.57 Å². The predicted molar refractivity (Wildman–Crippen MR) is 88.9 cm³/mol. The van der Waals surface area contributed by atoms with Crippen molar-refractivity contribution in [3.63, 3.8) is 0 Å². The Morgan fingerprint density at radius 3 is 2.48 bits per heavy atom. The van der Waals surface area contributed by atoms with Gasteiger partial charge in [0.15, 0.2) is 5.78 Å². The van der Waals surface area contributed by atoms with E-state index in [9.17, 15) is 14.4 Å². The Balaban J connectivity index is 2.58. The number of ether oxygens (including phenoxy) is 2. The number of ketones is 1. The summed E-state index contributed by atoms with van der Waals surface area (Å²) in [5.74, 6) is -0.300. The first-order valence-electron chi connectivity index (χ1n) is 7.32. The smallest absolute Gasteiger partial charge is 0.339 e. The number of benzene rings is 1. The molecule has 0 unspecified atom stereocenters. The zero-order chi connectivity index (χ0) is 18.6. The van der Waals surface area contributed by atoms with E-state index in [2.05, 4.69) is 4.74 Å². The van der Waals surface area contributed by atoms with Crippen LogP contribution in [0.2, 0.25) is 0 Å². The fourth-order valence-electron chi connectivity index (χ4n) is 2.37. The van der Waals surface area contributed by atoms with Crippen molar-refractivity contribution in [1.29, 1.82) is 5.26 Å². The van der Waals surface area contributed by atoms with Crippen LogP contribution < -0.4 is 10.3 Å². The Hall–Kier alpha value is -3.40. The number of Topliss-reactive ketones (excluding diaryl/α,β-unsaturated/α-hetero) is 1. The van der Waals surface area contributed by atoms with Crippen molar-refractivity contribution in [2.45, 2.75) is 13.5 Å². The van der Waals surface area contributed by atoms with Crippen molar-refractivity contribution >= 4 is 11.8 Å². The van der Waals surface area contributed by atoms with Gasteiger partial charge in [-0.1, -0.05) is 0 Å². The van der Waals surface area contributed by atoms with Crippen LogP contribution in [0.1, 0.15) is 38.8 Å². The minimum absolute atomic E-state index is 0.0304. The summed E-state index contributed by atoms with van der Waals surface area (Å²) < 4.78 is 11.1. The molecular formula is C18H16N2O5. The van der Waals surface area contributed by atoms with Gasteiger partial charge in [-0.05, 0) is 31.2 Å². The van der Waals surface area contributed by atoms with E-state index in [0.29, 0.717) is 16.9 Å². The van der Waals surface area contributed by atoms with Gasteiger partial charge >= 0.3 is 5.97 Å². The number of aromatic nitrogens is 1. The number of nitrogens with zero attached hydrogens (tertiary/aromatic N) is 2. The van der Waals surface area contributed by atoms with Gasteiger partial charge < -0.3 is 14.0 Å². The predicted octanol–water partition coefficient (Wildman–Crippen LogP) is 1.77. The normalized spacial score (nSPS) is 10.0. The van der Waals surface area contributed by atoms with Gasteiger partial charge in [-0.15, -0.1) is 0 Å². The van der Waals surface area contributed by atoms with Crippen LogP contribution in [0.5, 0.6) is 5.75 Å². The molecule has 128 valence electrons. The van der Waals surface area contributed by atoms with E-state index in [4.69, 9.17) is 10.00 Å².